The van der Waals surface area contributed by atoms with Crippen LogP contribution in [0.4, 0.5) is 4.79 Å². The smallest absolute Gasteiger partial charge is 0.408 e. The zero-order valence-corrected chi connectivity index (χ0v) is 26.3. The van der Waals surface area contributed by atoms with Gasteiger partial charge in [0, 0.05) is 13.1 Å². The van der Waals surface area contributed by atoms with Gasteiger partial charge in [-0.05, 0) is 56.4 Å². The van der Waals surface area contributed by atoms with Crippen molar-refractivity contribution in [3.05, 3.63) is 65.7 Å². The van der Waals surface area contributed by atoms with Crippen molar-refractivity contribution in [3.8, 4) is 5.75 Å². The summed E-state index contributed by atoms with van der Waals surface area (Å²) in [6, 6.07) is 14.1. The van der Waals surface area contributed by atoms with Gasteiger partial charge < -0.3 is 25.4 Å². The molecule has 0 heterocycles. The van der Waals surface area contributed by atoms with E-state index in [1.54, 1.807) is 37.8 Å². The van der Waals surface area contributed by atoms with Crippen LogP contribution < -0.4 is 10.6 Å². The average Bonchev–Trinajstić information content (AvgIpc) is 2.94. The van der Waals surface area contributed by atoms with Crippen LogP contribution >= 0.6 is 0 Å². The molecule has 8 nitrogen and oxygen atoms in total. The number of nitrogens with one attached hydrogen (secondary N) is 2. The van der Waals surface area contributed by atoms with Gasteiger partial charge in [0.25, 0.3) is 0 Å². The highest BCUT2D eigenvalue weighted by molar-refractivity contribution is 5.92. The molecular formula is C34H51N3O5. The zero-order valence-electron chi connectivity index (χ0n) is 26.3. The summed E-state index contributed by atoms with van der Waals surface area (Å²) >= 11 is 0. The molecule has 0 saturated heterocycles. The lowest BCUT2D eigenvalue weighted by atomic mass is 9.95. The van der Waals surface area contributed by atoms with E-state index in [9.17, 15) is 19.5 Å². The Balaban J connectivity index is 2.46. The summed E-state index contributed by atoms with van der Waals surface area (Å²) in [6.45, 7) is 12.0. The molecule has 2 aromatic rings. The topological polar surface area (TPSA) is 108 Å². The molecule has 0 saturated carbocycles. The van der Waals surface area contributed by atoms with Gasteiger partial charge in [-0.25, -0.2) is 4.79 Å². The van der Waals surface area contributed by atoms with Crippen LogP contribution in [0.1, 0.15) is 104 Å². The number of rotatable bonds is 16. The minimum atomic E-state index is -1.00. The lowest BCUT2D eigenvalue weighted by Gasteiger charge is -2.36. The lowest BCUT2D eigenvalue weighted by molar-refractivity contribution is -0.143. The van der Waals surface area contributed by atoms with Crippen LogP contribution in [0.5, 0.6) is 5.75 Å². The highest BCUT2D eigenvalue weighted by atomic mass is 16.6. The zero-order chi connectivity index (χ0) is 31.1. The van der Waals surface area contributed by atoms with Crippen LogP contribution in [-0.2, 0) is 20.9 Å². The fraction of sp³-hybridized carbons (Fsp3) is 0.559. The monoisotopic (exact) mass is 581 g/mol. The Bertz CT molecular complexity index is 1120. The third-order valence-corrected chi connectivity index (χ3v) is 7.24. The largest absolute Gasteiger partial charge is 0.508 e. The first kappa shape index (κ1) is 34.7. The second-order valence-corrected chi connectivity index (χ2v) is 12.0. The number of alkyl carbamates (subject to hydrolysis) is 1. The van der Waals surface area contributed by atoms with E-state index >= 15 is 0 Å². The number of amides is 3. The quantitative estimate of drug-likeness (QED) is 0.187. The molecule has 0 aliphatic heterocycles. The highest BCUT2D eigenvalue weighted by Crippen LogP contribution is 2.28. The third-order valence-electron chi connectivity index (χ3n) is 7.24. The maximum Gasteiger partial charge on any atom is 0.408 e. The van der Waals surface area contributed by atoms with Crippen LogP contribution in [0.25, 0.3) is 0 Å². The van der Waals surface area contributed by atoms with E-state index in [2.05, 4.69) is 17.6 Å². The second kappa shape index (κ2) is 17.4. The number of aromatic hydroxyl groups is 1. The Hall–Kier alpha value is -3.55. The molecule has 0 bridgehead atoms. The molecule has 232 valence electrons. The maximum absolute atomic E-state index is 14.4. The molecule has 0 fully saturated rings. The van der Waals surface area contributed by atoms with Gasteiger partial charge in [-0.3, -0.25) is 9.59 Å². The van der Waals surface area contributed by atoms with Gasteiger partial charge in [-0.1, -0.05) is 102 Å². The predicted octanol–water partition coefficient (Wildman–Crippen LogP) is 6.88. The molecule has 2 rings (SSSR count). The van der Waals surface area contributed by atoms with Gasteiger partial charge in [0.15, 0.2) is 0 Å². The van der Waals surface area contributed by atoms with E-state index in [0.29, 0.717) is 31.5 Å². The number of benzene rings is 2. The van der Waals surface area contributed by atoms with Gasteiger partial charge in [-0.15, -0.1) is 0 Å². The summed E-state index contributed by atoms with van der Waals surface area (Å²) in [7, 11) is 0. The molecule has 3 N–H and O–H groups in total. The number of carbonyl (C=O) groups excluding carboxylic acids is 3. The van der Waals surface area contributed by atoms with E-state index < -0.39 is 23.8 Å². The number of hydrogen-bond donors (Lipinski definition) is 3. The number of ether oxygens (including phenoxy) is 1. The van der Waals surface area contributed by atoms with Crippen molar-refractivity contribution in [2.24, 2.45) is 5.92 Å². The van der Waals surface area contributed by atoms with E-state index in [4.69, 9.17) is 4.74 Å². The number of phenols is 1. The van der Waals surface area contributed by atoms with Crippen molar-refractivity contribution < 1.29 is 24.2 Å². The Morgan fingerprint density at radius 2 is 1.60 bits per heavy atom. The Labute approximate surface area is 252 Å². The van der Waals surface area contributed by atoms with Crippen molar-refractivity contribution in [2.75, 3.05) is 6.54 Å². The molecule has 0 aliphatic rings. The summed E-state index contributed by atoms with van der Waals surface area (Å²) in [6.07, 6.45) is 6.03. The van der Waals surface area contributed by atoms with Crippen molar-refractivity contribution in [1.29, 1.82) is 0 Å². The van der Waals surface area contributed by atoms with Crippen molar-refractivity contribution in [3.63, 3.8) is 0 Å². The number of unbranched alkanes of at least 4 members (excludes halogenated alkanes) is 5. The van der Waals surface area contributed by atoms with Gasteiger partial charge in [0.2, 0.25) is 11.8 Å². The normalized spacial score (nSPS) is 13.5. The van der Waals surface area contributed by atoms with E-state index in [-0.39, 0.29) is 23.5 Å². The molecule has 8 heteroatoms. The summed E-state index contributed by atoms with van der Waals surface area (Å²) in [5.41, 5.74) is 0.700. The molecule has 0 aliphatic carbocycles. The minimum Gasteiger partial charge on any atom is -0.508 e. The predicted molar refractivity (Wildman–Crippen MR) is 167 cm³/mol. The first-order valence-electron chi connectivity index (χ1n) is 15.4. The molecule has 0 radical (unpaired) electrons. The molecule has 0 spiro atoms. The molecule has 0 aromatic heterocycles. The van der Waals surface area contributed by atoms with Gasteiger partial charge in [0.1, 0.15) is 23.4 Å². The molecule has 3 amide bonds. The maximum atomic E-state index is 14.4. The minimum absolute atomic E-state index is 0.00526. The van der Waals surface area contributed by atoms with Gasteiger partial charge in [-0.2, -0.15) is 0 Å². The van der Waals surface area contributed by atoms with Crippen LogP contribution in [-0.4, -0.2) is 46.1 Å². The second-order valence-electron chi connectivity index (χ2n) is 12.0. The van der Waals surface area contributed by atoms with Crippen LogP contribution in [0, 0.1) is 5.92 Å². The number of hydrogen-bond acceptors (Lipinski definition) is 5. The number of carbonyl (C=O) groups is 3. The van der Waals surface area contributed by atoms with Crippen LogP contribution in [0.15, 0.2) is 54.6 Å². The highest BCUT2D eigenvalue weighted by Gasteiger charge is 2.38. The van der Waals surface area contributed by atoms with E-state index in [1.165, 1.54) is 12.1 Å². The summed E-state index contributed by atoms with van der Waals surface area (Å²) in [5.74, 6) is -0.920. The SMILES string of the molecule is CCCCCCCCN(C(=O)C(NC(=O)OC(C)(C)C)C(C)CC)C(C(=O)NCc1ccccc1)c1cccc(O)c1. The van der Waals surface area contributed by atoms with Crippen molar-refractivity contribution >= 4 is 17.9 Å². The first-order valence-corrected chi connectivity index (χ1v) is 15.4. The molecule has 3 unspecified atom stereocenters. The van der Waals surface area contributed by atoms with Crippen LogP contribution in [0.2, 0.25) is 0 Å². The fourth-order valence-electron chi connectivity index (χ4n) is 4.77. The average molecular weight is 582 g/mol. The Morgan fingerprint density at radius 3 is 2.21 bits per heavy atom. The standard InChI is InChI=1S/C34H51N3O5/c1-7-9-10-11-12-16-22-37(32(40)29(25(3)8-2)36-33(41)42-34(4,5)6)30(27-20-17-21-28(38)23-27)31(39)35-24-26-18-14-13-15-19-26/h13-15,17-21,23,25,29-30,38H,7-12,16,22,24H2,1-6H3,(H,35,39)(H,36,41). The summed E-state index contributed by atoms with van der Waals surface area (Å²) in [4.78, 5) is 42.7. The van der Waals surface area contributed by atoms with Gasteiger partial charge >= 0.3 is 6.09 Å². The third kappa shape index (κ3) is 11.7. The Morgan fingerprint density at radius 1 is 0.929 bits per heavy atom. The fourth-order valence-corrected chi connectivity index (χ4v) is 4.77. The van der Waals surface area contributed by atoms with Crippen LogP contribution in [0.3, 0.4) is 0 Å². The summed E-state index contributed by atoms with van der Waals surface area (Å²) in [5, 5.41) is 16.1. The summed E-state index contributed by atoms with van der Waals surface area (Å²) < 4.78 is 5.49. The first-order chi connectivity index (χ1) is 20.0. The van der Waals surface area contributed by atoms with E-state index in [0.717, 1.165) is 37.7 Å². The lowest BCUT2D eigenvalue weighted by Crippen LogP contribution is -2.55. The van der Waals surface area contributed by atoms with Crippen molar-refractivity contribution in [1.82, 2.24) is 15.5 Å². The van der Waals surface area contributed by atoms with Crippen molar-refractivity contribution in [2.45, 2.75) is 111 Å². The molecule has 3 atom stereocenters. The number of nitrogens with zero attached hydrogens (tertiary/aromatic N) is 1. The molecule has 2 aromatic carbocycles. The van der Waals surface area contributed by atoms with Gasteiger partial charge in [0.05, 0.1) is 0 Å². The molecular weight excluding hydrogens is 530 g/mol. The number of phenolic OH excluding ortho intramolecular Hbond substituents is 1. The van der Waals surface area contributed by atoms with E-state index in [1.807, 2.05) is 44.2 Å². The molecule has 42 heavy (non-hydrogen) atoms. The Kier molecular flexibility index (Phi) is 14.4.